The van der Waals surface area contributed by atoms with Crippen molar-refractivity contribution in [1.29, 1.82) is 0 Å². The Hall–Kier alpha value is -1.66. The number of hydrogen-bond donors (Lipinski definition) is 1. The first-order chi connectivity index (χ1) is 10.0. The van der Waals surface area contributed by atoms with E-state index in [-0.39, 0.29) is 11.9 Å². The van der Waals surface area contributed by atoms with E-state index < -0.39 is 0 Å². The minimum atomic E-state index is -0.371. The fraction of sp³-hybridized carbons (Fsp3) is 0.200. The van der Waals surface area contributed by atoms with E-state index in [0.29, 0.717) is 17.0 Å². The smallest absolute Gasteiger partial charge is 0.337 e. The normalized spacial score (nSPS) is 10.2. The number of carbonyl (C=O) groups is 2. The summed E-state index contributed by atoms with van der Waals surface area (Å²) >= 11 is 4.81. The van der Waals surface area contributed by atoms with Crippen LogP contribution in [0.3, 0.4) is 0 Å². The second-order valence-corrected chi connectivity index (χ2v) is 6.81. The number of amides is 1. The lowest BCUT2D eigenvalue weighted by molar-refractivity contribution is 0.0600. The SMILES string of the molecule is COC(=O)c1ccc(CNC(=O)c2cc(C)c(Br)s2)cc1. The van der Waals surface area contributed by atoms with Gasteiger partial charge in [-0.1, -0.05) is 12.1 Å². The van der Waals surface area contributed by atoms with Crippen molar-refractivity contribution in [2.75, 3.05) is 7.11 Å². The van der Waals surface area contributed by atoms with E-state index in [1.54, 1.807) is 24.3 Å². The predicted octanol–water partition coefficient (Wildman–Crippen LogP) is 3.54. The van der Waals surface area contributed by atoms with Crippen molar-refractivity contribution in [3.63, 3.8) is 0 Å². The molecule has 4 nitrogen and oxygen atoms in total. The molecule has 1 aromatic heterocycles. The molecule has 0 fully saturated rings. The van der Waals surface area contributed by atoms with Crippen LogP contribution >= 0.6 is 27.3 Å². The highest BCUT2D eigenvalue weighted by Crippen LogP contribution is 2.27. The Kier molecular flexibility index (Phi) is 5.14. The maximum atomic E-state index is 12.0. The van der Waals surface area contributed by atoms with Gasteiger partial charge in [0, 0.05) is 6.54 Å². The summed E-state index contributed by atoms with van der Waals surface area (Å²) in [7, 11) is 1.34. The first kappa shape index (κ1) is 15.7. The molecular formula is C15H14BrNO3S. The summed E-state index contributed by atoms with van der Waals surface area (Å²) in [5, 5.41) is 2.85. The monoisotopic (exact) mass is 367 g/mol. The molecule has 0 radical (unpaired) electrons. The van der Waals surface area contributed by atoms with Gasteiger partial charge in [0.2, 0.25) is 0 Å². The number of esters is 1. The van der Waals surface area contributed by atoms with Gasteiger partial charge in [0.25, 0.3) is 5.91 Å². The molecule has 0 aliphatic heterocycles. The molecule has 0 spiro atoms. The largest absolute Gasteiger partial charge is 0.465 e. The second kappa shape index (κ2) is 6.87. The molecule has 0 saturated heterocycles. The third-order valence-corrected chi connectivity index (χ3v) is 5.04. The quantitative estimate of drug-likeness (QED) is 0.840. The van der Waals surface area contributed by atoms with E-state index >= 15 is 0 Å². The van der Waals surface area contributed by atoms with Gasteiger partial charge < -0.3 is 10.1 Å². The Morgan fingerprint density at radius 1 is 1.29 bits per heavy atom. The minimum absolute atomic E-state index is 0.106. The number of methoxy groups -OCH3 is 1. The minimum Gasteiger partial charge on any atom is -0.465 e. The topological polar surface area (TPSA) is 55.4 Å². The number of rotatable bonds is 4. The van der Waals surface area contributed by atoms with E-state index in [1.165, 1.54) is 18.4 Å². The average molecular weight is 368 g/mol. The van der Waals surface area contributed by atoms with Crippen LogP contribution < -0.4 is 5.32 Å². The highest BCUT2D eigenvalue weighted by molar-refractivity contribution is 9.11. The number of carbonyl (C=O) groups excluding carboxylic acids is 2. The lowest BCUT2D eigenvalue weighted by Crippen LogP contribution is -2.21. The number of hydrogen-bond acceptors (Lipinski definition) is 4. The number of ether oxygens (including phenoxy) is 1. The molecule has 1 amide bonds. The molecule has 0 unspecified atom stereocenters. The van der Waals surface area contributed by atoms with Crippen molar-refractivity contribution in [3.05, 3.63) is 55.7 Å². The second-order valence-electron chi connectivity index (χ2n) is 4.44. The van der Waals surface area contributed by atoms with Crippen molar-refractivity contribution in [2.45, 2.75) is 13.5 Å². The van der Waals surface area contributed by atoms with Gasteiger partial charge in [-0.25, -0.2) is 4.79 Å². The number of thiophene rings is 1. The third kappa shape index (κ3) is 3.92. The highest BCUT2D eigenvalue weighted by Gasteiger charge is 2.11. The average Bonchev–Trinajstić information content (AvgIpc) is 2.84. The fourth-order valence-corrected chi connectivity index (χ4v) is 3.17. The van der Waals surface area contributed by atoms with Crippen molar-refractivity contribution in [3.8, 4) is 0 Å². The molecule has 1 heterocycles. The molecular weight excluding hydrogens is 354 g/mol. The van der Waals surface area contributed by atoms with Crippen LogP contribution in [0, 0.1) is 6.92 Å². The molecule has 2 rings (SSSR count). The fourth-order valence-electron chi connectivity index (χ4n) is 1.72. The number of nitrogens with one attached hydrogen (secondary N) is 1. The Balaban J connectivity index is 1.96. The lowest BCUT2D eigenvalue weighted by atomic mass is 10.1. The third-order valence-electron chi connectivity index (χ3n) is 2.91. The molecule has 2 aromatic rings. The van der Waals surface area contributed by atoms with E-state index in [0.717, 1.165) is 14.9 Å². The van der Waals surface area contributed by atoms with Crippen molar-refractivity contribution in [2.24, 2.45) is 0 Å². The van der Waals surface area contributed by atoms with Gasteiger partial charge in [0.15, 0.2) is 0 Å². The van der Waals surface area contributed by atoms with Gasteiger partial charge in [-0.15, -0.1) is 11.3 Å². The Labute approximate surface area is 135 Å². The van der Waals surface area contributed by atoms with Crippen LogP contribution in [0.15, 0.2) is 34.1 Å². The molecule has 6 heteroatoms. The molecule has 110 valence electrons. The van der Waals surface area contributed by atoms with Gasteiger partial charge in [0.1, 0.15) is 0 Å². The first-order valence-corrected chi connectivity index (χ1v) is 7.83. The standard InChI is InChI=1S/C15H14BrNO3S/c1-9-7-12(21-13(9)16)14(18)17-8-10-3-5-11(6-4-10)15(19)20-2/h3-7H,8H2,1-2H3,(H,17,18). The van der Waals surface area contributed by atoms with Crippen molar-refractivity contribution in [1.82, 2.24) is 5.32 Å². The zero-order valence-electron chi connectivity index (χ0n) is 11.6. The van der Waals surface area contributed by atoms with Gasteiger partial charge in [0.05, 0.1) is 21.3 Å². The molecule has 1 aromatic carbocycles. The van der Waals surface area contributed by atoms with Crippen molar-refractivity contribution < 1.29 is 14.3 Å². The van der Waals surface area contributed by atoms with Gasteiger partial charge in [-0.2, -0.15) is 0 Å². The molecule has 0 saturated carbocycles. The van der Waals surface area contributed by atoms with Crippen LogP contribution in [-0.2, 0) is 11.3 Å². The van der Waals surface area contributed by atoms with Crippen LogP contribution in [0.2, 0.25) is 0 Å². The van der Waals surface area contributed by atoms with Crippen LogP contribution in [-0.4, -0.2) is 19.0 Å². The van der Waals surface area contributed by atoms with Crippen molar-refractivity contribution >= 4 is 39.1 Å². The highest BCUT2D eigenvalue weighted by atomic mass is 79.9. The van der Waals surface area contributed by atoms with Crippen LogP contribution in [0.4, 0.5) is 0 Å². The van der Waals surface area contributed by atoms with E-state index in [2.05, 4.69) is 26.0 Å². The molecule has 0 aliphatic carbocycles. The van der Waals surface area contributed by atoms with Gasteiger partial charge in [-0.05, 0) is 52.2 Å². The van der Waals surface area contributed by atoms with Crippen LogP contribution in [0.1, 0.15) is 31.2 Å². The predicted molar refractivity (Wildman–Crippen MR) is 85.7 cm³/mol. The molecule has 1 N–H and O–H groups in total. The molecule has 0 aliphatic rings. The van der Waals surface area contributed by atoms with Crippen LogP contribution in [0.5, 0.6) is 0 Å². The summed E-state index contributed by atoms with van der Waals surface area (Å²) in [5.74, 6) is -0.477. The van der Waals surface area contributed by atoms with E-state index in [9.17, 15) is 9.59 Å². The zero-order valence-corrected chi connectivity index (χ0v) is 14.0. The van der Waals surface area contributed by atoms with Gasteiger partial charge in [-0.3, -0.25) is 4.79 Å². The number of halogens is 1. The van der Waals surface area contributed by atoms with E-state index in [1.807, 2.05) is 13.0 Å². The molecule has 21 heavy (non-hydrogen) atoms. The summed E-state index contributed by atoms with van der Waals surface area (Å²) in [6.07, 6.45) is 0. The first-order valence-electron chi connectivity index (χ1n) is 6.22. The summed E-state index contributed by atoms with van der Waals surface area (Å²) in [6.45, 7) is 2.36. The summed E-state index contributed by atoms with van der Waals surface area (Å²) in [5.41, 5.74) is 2.46. The Bertz CT molecular complexity index is 645. The molecule has 0 bridgehead atoms. The maximum absolute atomic E-state index is 12.0. The lowest BCUT2D eigenvalue weighted by Gasteiger charge is -2.05. The summed E-state index contributed by atoms with van der Waals surface area (Å²) < 4.78 is 5.60. The molecule has 0 atom stereocenters. The Morgan fingerprint density at radius 2 is 1.95 bits per heavy atom. The zero-order chi connectivity index (χ0) is 15.4. The van der Waals surface area contributed by atoms with Gasteiger partial charge >= 0.3 is 5.97 Å². The van der Waals surface area contributed by atoms with Crippen LogP contribution in [0.25, 0.3) is 0 Å². The maximum Gasteiger partial charge on any atom is 0.337 e. The number of aryl methyl sites for hydroxylation is 1. The van der Waals surface area contributed by atoms with E-state index in [4.69, 9.17) is 0 Å². The summed E-state index contributed by atoms with van der Waals surface area (Å²) in [6, 6.07) is 8.80. The number of benzene rings is 1. The Morgan fingerprint density at radius 3 is 2.48 bits per heavy atom. The summed E-state index contributed by atoms with van der Waals surface area (Å²) in [4.78, 5) is 24.0.